The number of hydrogen-bond acceptors (Lipinski definition) is 4. The maximum absolute atomic E-state index is 6.30. The third-order valence-corrected chi connectivity index (χ3v) is 4.21. The van der Waals surface area contributed by atoms with Gasteiger partial charge in [-0.3, -0.25) is 0 Å². The van der Waals surface area contributed by atoms with Crippen molar-refractivity contribution in [2.24, 2.45) is 15.7 Å². The van der Waals surface area contributed by atoms with E-state index in [1.165, 1.54) is 0 Å². The van der Waals surface area contributed by atoms with Crippen LogP contribution < -0.4 is 11.1 Å². The fraction of sp³-hybridized carbons (Fsp3) is 0. The van der Waals surface area contributed by atoms with Gasteiger partial charge in [0, 0.05) is 5.69 Å². The Morgan fingerprint density at radius 1 is 0.571 bits per heavy atom. The minimum atomic E-state index is 0.581. The summed E-state index contributed by atoms with van der Waals surface area (Å²) in [6, 6.07) is 29.6. The van der Waals surface area contributed by atoms with Crippen molar-refractivity contribution in [2.75, 3.05) is 5.32 Å². The number of para-hydroxylation sites is 3. The molecule has 0 spiro atoms. The second-order valence-corrected chi connectivity index (χ2v) is 6.31. The zero-order valence-electron chi connectivity index (χ0n) is 15.3. The maximum Gasteiger partial charge on any atom is 0.0893 e. The second kappa shape index (κ2) is 8.18. The molecule has 4 nitrogen and oxygen atoms in total. The van der Waals surface area contributed by atoms with E-state index < -0.39 is 0 Å². The minimum Gasteiger partial charge on any atom is -0.397 e. The van der Waals surface area contributed by atoms with E-state index in [9.17, 15) is 0 Å². The van der Waals surface area contributed by atoms with E-state index >= 15 is 0 Å². The zero-order valence-corrected chi connectivity index (χ0v) is 15.3. The van der Waals surface area contributed by atoms with Crippen molar-refractivity contribution in [1.29, 1.82) is 0 Å². The van der Waals surface area contributed by atoms with Crippen LogP contribution in [-0.2, 0) is 0 Å². The van der Waals surface area contributed by atoms with Crippen molar-refractivity contribution in [3.8, 4) is 0 Å². The number of allylic oxidation sites excluding steroid dienone is 2. The van der Waals surface area contributed by atoms with Crippen LogP contribution in [0.2, 0.25) is 0 Å². The fourth-order valence-electron chi connectivity index (χ4n) is 2.84. The van der Waals surface area contributed by atoms with Gasteiger partial charge in [0.25, 0.3) is 0 Å². The van der Waals surface area contributed by atoms with Gasteiger partial charge in [-0.1, -0.05) is 54.6 Å². The monoisotopic (exact) mass is 364 g/mol. The van der Waals surface area contributed by atoms with Crippen molar-refractivity contribution >= 4 is 28.5 Å². The molecule has 1 aliphatic carbocycles. The Balaban J connectivity index is 1.75. The quantitative estimate of drug-likeness (QED) is 0.610. The largest absolute Gasteiger partial charge is 0.397 e. The highest BCUT2D eigenvalue weighted by atomic mass is 14.9. The van der Waals surface area contributed by atoms with Crippen LogP contribution in [-0.4, -0.2) is 11.4 Å². The lowest BCUT2D eigenvalue weighted by Gasteiger charge is -2.18. The average molecular weight is 364 g/mol. The molecule has 136 valence electrons. The summed E-state index contributed by atoms with van der Waals surface area (Å²) in [5.74, 6) is 0. The molecule has 28 heavy (non-hydrogen) atoms. The fourth-order valence-corrected chi connectivity index (χ4v) is 2.84. The van der Waals surface area contributed by atoms with E-state index in [-0.39, 0.29) is 0 Å². The molecule has 1 aliphatic rings. The van der Waals surface area contributed by atoms with Crippen LogP contribution in [0.5, 0.6) is 0 Å². The summed E-state index contributed by atoms with van der Waals surface area (Å²) < 4.78 is 0. The molecule has 0 fully saturated rings. The molecular weight excluding hydrogens is 344 g/mol. The first-order chi connectivity index (χ1) is 13.8. The molecule has 0 saturated carbocycles. The SMILES string of the molecule is NC1=CC(=Nc2ccccc2)C(Nc2ccccc2)=CC1=Nc1ccccc1. The summed E-state index contributed by atoms with van der Waals surface area (Å²) in [5, 5.41) is 3.44. The van der Waals surface area contributed by atoms with E-state index in [0.717, 1.165) is 28.5 Å². The highest BCUT2D eigenvalue weighted by molar-refractivity contribution is 6.25. The molecule has 0 atom stereocenters. The topological polar surface area (TPSA) is 62.8 Å². The predicted octanol–water partition coefficient (Wildman–Crippen LogP) is 5.38. The molecule has 3 aromatic rings. The van der Waals surface area contributed by atoms with Gasteiger partial charge in [0.05, 0.1) is 34.2 Å². The van der Waals surface area contributed by atoms with E-state index in [1.807, 2.05) is 103 Å². The Labute approximate surface area is 164 Å². The highest BCUT2D eigenvalue weighted by Crippen LogP contribution is 2.21. The van der Waals surface area contributed by atoms with Gasteiger partial charge in [0.1, 0.15) is 0 Å². The van der Waals surface area contributed by atoms with E-state index in [2.05, 4.69) is 10.3 Å². The first-order valence-electron chi connectivity index (χ1n) is 9.07. The van der Waals surface area contributed by atoms with Crippen molar-refractivity contribution in [3.05, 3.63) is 115 Å². The van der Waals surface area contributed by atoms with Gasteiger partial charge in [-0.15, -0.1) is 0 Å². The van der Waals surface area contributed by atoms with Gasteiger partial charge in [0.15, 0.2) is 0 Å². The van der Waals surface area contributed by atoms with Crippen molar-refractivity contribution in [2.45, 2.75) is 0 Å². The summed E-state index contributed by atoms with van der Waals surface area (Å²) >= 11 is 0. The van der Waals surface area contributed by atoms with E-state index in [1.54, 1.807) is 0 Å². The van der Waals surface area contributed by atoms with E-state index in [0.29, 0.717) is 11.4 Å². The number of hydrogen-bond donors (Lipinski definition) is 2. The Hall–Kier alpha value is -3.92. The lowest BCUT2D eigenvalue weighted by Crippen LogP contribution is -2.22. The normalized spacial score (nSPS) is 16.6. The van der Waals surface area contributed by atoms with Crippen LogP contribution in [0.15, 0.2) is 125 Å². The second-order valence-electron chi connectivity index (χ2n) is 6.31. The van der Waals surface area contributed by atoms with Crippen molar-refractivity contribution < 1.29 is 0 Å². The average Bonchev–Trinajstić information content (AvgIpc) is 2.74. The van der Waals surface area contributed by atoms with Gasteiger partial charge >= 0.3 is 0 Å². The number of anilines is 1. The van der Waals surface area contributed by atoms with Crippen molar-refractivity contribution in [3.63, 3.8) is 0 Å². The van der Waals surface area contributed by atoms with Gasteiger partial charge in [0.2, 0.25) is 0 Å². The molecule has 3 aromatic carbocycles. The maximum atomic E-state index is 6.30. The van der Waals surface area contributed by atoms with Crippen LogP contribution in [0.4, 0.5) is 17.1 Å². The summed E-state index contributed by atoms with van der Waals surface area (Å²) in [7, 11) is 0. The van der Waals surface area contributed by atoms with Gasteiger partial charge in [-0.05, 0) is 48.6 Å². The Kier molecular flexibility index (Phi) is 5.11. The third kappa shape index (κ3) is 4.24. The molecule has 0 saturated heterocycles. The van der Waals surface area contributed by atoms with Crippen LogP contribution in [0.3, 0.4) is 0 Å². The Bertz CT molecular complexity index is 1060. The molecule has 0 unspecified atom stereocenters. The van der Waals surface area contributed by atoms with Gasteiger partial charge in [-0.2, -0.15) is 0 Å². The van der Waals surface area contributed by atoms with Crippen LogP contribution in [0, 0.1) is 0 Å². The number of nitrogens with two attached hydrogens (primary N) is 1. The molecule has 0 radical (unpaired) electrons. The molecule has 4 rings (SSSR count). The molecular formula is C24H20N4. The molecule has 0 bridgehead atoms. The van der Waals surface area contributed by atoms with Crippen LogP contribution in [0.1, 0.15) is 0 Å². The smallest absolute Gasteiger partial charge is 0.0893 e. The third-order valence-electron chi connectivity index (χ3n) is 4.21. The molecule has 0 heterocycles. The Morgan fingerprint density at radius 2 is 1.07 bits per heavy atom. The molecule has 3 N–H and O–H groups in total. The van der Waals surface area contributed by atoms with E-state index in [4.69, 9.17) is 10.7 Å². The first kappa shape index (κ1) is 17.5. The molecule has 0 aromatic heterocycles. The highest BCUT2D eigenvalue weighted by Gasteiger charge is 2.16. The molecule has 4 heteroatoms. The number of rotatable bonds is 4. The van der Waals surface area contributed by atoms with Gasteiger partial charge < -0.3 is 11.1 Å². The number of aliphatic imine (C=N–C) groups is 2. The summed E-state index contributed by atoms with van der Waals surface area (Å²) in [5.41, 5.74) is 11.9. The number of nitrogens with zero attached hydrogens (tertiary/aromatic N) is 2. The number of benzene rings is 3. The summed E-state index contributed by atoms with van der Waals surface area (Å²) in [6.45, 7) is 0. The predicted molar refractivity (Wildman–Crippen MR) is 117 cm³/mol. The van der Waals surface area contributed by atoms with Crippen molar-refractivity contribution in [1.82, 2.24) is 0 Å². The lowest BCUT2D eigenvalue weighted by atomic mass is 10.0. The minimum absolute atomic E-state index is 0.581. The summed E-state index contributed by atoms with van der Waals surface area (Å²) in [6.07, 6.45) is 3.80. The lowest BCUT2D eigenvalue weighted by molar-refractivity contribution is 1.38. The first-order valence-corrected chi connectivity index (χ1v) is 9.07. The van der Waals surface area contributed by atoms with Crippen LogP contribution >= 0.6 is 0 Å². The molecule has 0 amide bonds. The summed E-state index contributed by atoms with van der Waals surface area (Å²) in [4.78, 5) is 9.45. The molecule has 0 aliphatic heterocycles. The van der Waals surface area contributed by atoms with Crippen LogP contribution in [0.25, 0.3) is 0 Å². The zero-order chi connectivity index (χ0) is 19.2. The standard InChI is InChI=1S/C24H20N4/c25-21-16-23(27-19-12-6-2-7-13-19)24(28-20-14-8-3-9-15-20)17-22(21)26-18-10-4-1-5-11-18/h1-17,28H,25H2. The Morgan fingerprint density at radius 3 is 1.64 bits per heavy atom. The van der Waals surface area contributed by atoms with Gasteiger partial charge in [-0.25, -0.2) is 9.98 Å². The number of nitrogens with one attached hydrogen (secondary N) is 1.